The van der Waals surface area contributed by atoms with Crippen LogP contribution in [0.1, 0.15) is 10.6 Å². The molecule has 8 heteroatoms. The van der Waals surface area contributed by atoms with Crippen LogP contribution in [0, 0.1) is 11.3 Å². The largest absolute Gasteiger partial charge is 0.508 e. The number of anilines is 2. The summed E-state index contributed by atoms with van der Waals surface area (Å²) in [5, 5.41) is 24.8. The summed E-state index contributed by atoms with van der Waals surface area (Å²) in [6.45, 7) is 1.84. The number of rotatable bonds is 4. The van der Waals surface area contributed by atoms with Crippen LogP contribution >= 0.6 is 11.3 Å². The summed E-state index contributed by atoms with van der Waals surface area (Å²) in [6, 6.07) is 8.01. The molecule has 2 aromatic rings. The first-order valence-electron chi connectivity index (χ1n) is 7.69. The number of aromatic hydroxyl groups is 1. The standard InChI is InChI=1S/C17H17N5O2S/c1-22-6-5-14-15(10-22)25-17(21-14)19-9-11(8-18)16(24)20-12-3-2-4-13(23)7-12/h2-4,7,9,23H,5-6,10H2,1H3,(H,19,21)(H,20,24)/b11-9-. The monoisotopic (exact) mass is 355 g/mol. The van der Waals surface area contributed by atoms with Crippen LogP contribution in [0.2, 0.25) is 0 Å². The molecule has 3 rings (SSSR count). The highest BCUT2D eigenvalue weighted by atomic mass is 32.1. The number of thiazole rings is 1. The predicted octanol–water partition coefficient (Wildman–Crippen LogP) is 2.29. The summed E-state index contributed by atoms with van der Waals surface area (Å²) in [5.41, 5.74) is 1.41. The molecule has 0 aliphatic carbocycles. The number of phenols is 1. The number of hydrogen-bond acceptors (Lipinski definition) is 7. The van der Waals surface area contributed by atoms with Gasteiger partial charge in [-0.2, -0.15) is 5.26 Å². The zero-order chi connectivity index (χ0) is 17.8. The van der Waals surface area contributed by atoms with E-state index in [4.69, 9.17) is 0 Å². The molecule has 0 radical (unpaired) electrons. The van der Waals surface area contributed by atoms with Gasteiger partial charge in [-0.25, -0.2) is 4.98 Å². The SMILES string of the molecule is CN1CCc2nc(N/C=C(/C#N)C(=O)Nc3cccc(O)c3)sc2C1. The van der Waals surface area contributed by atoms with Crippen LogP contribution in [0.25, 0.3) is 0 Å². The number of amides is 1. The van der Waals surface area contributed by atoms with Gasteiger partial charge in [0.2, 0.25) is 0 Å². The lowest BCUT2D eigenvalue weighted by atomic mass is 10.2. The minimum absolute atomic E-state index is 0.0387. The molecular weight excluding hydrogens is 338 g/mol. The van der Waals surface area contributed by atoms with Crippen LogP contribution < -0.4 is 10.6 Å². The number of nitrogens with zero attached hydrogens (tertiary/aromatic N) is 3. The summed E-state index contributed by atoms with van der Waals surface area (Å²) in [5.74, 6) is -0.515. The first-order valence-corrected chi connectivity index (χ1v) is 8.51. The van der Waals surface area contributed by atoms with Crippen LogP contribution in [-0.4, -0.2) is 34.5 Å². The Hall–Kier alpha value is -2.89. The molecule has 0 saturated carbocycles. The topological polar surface area (TPSA) is 101 Å². The summed E-state index contributed by atoms with van der Waals surface area (Å²) < 4.78 is 0. The van der Waals surface area contributed by atoms with Crippen molar-refractivity contribution in [3.63, 3.8) is 0 Å². The zero-order valence-corrected chi connectivity index (χ0v) is 14.4. The van der Waals surface area contributed by atoms with E-state index in [0.717, 1.165) is 25.2 Å². The van der Waals surface area contributed by atoms with Crippen molar-refractivity contribution < 1.29 is 9.90 Å². The first-order chi connectivity index (χ1) is 12.0. The highest BCUT2D eigenvalue weighted by Crippen LogP contribution is 2.27. The third-order valence-corrected chi connectivity index (χ3v) is 4.74. The molecule has 0 atom stereocenters. The van der Waals surface area contributed by atoms with Gasteiger partial charge < -0.3 is 20.6 Å². The van der Waals surface area contributed by atoms with E-state index in [9.17, 15) is 15.2 Å². The summed E-state index contributed by atoms with van der Waals surface area (Å²) >= 11 is 1.53. The molecule has 25 heavy (non-hydrogen) atoms. The van der Waals surface area contributed by atoms with Crippen LogP contribution in [0.15, 0.2) is 36.0 Å². The van der Waals surface area contributed by atoms with E-state index in [0.29, 0.717) is 10.8 Å². The van der Waals surface area contributed by atoms with Gasteiger partial charge in [-0.3, -0.25) is 4.79 Å². The van der Waals surface area contributed by atoms with Crippen LogP contribution in [0.5, 0.6) is 5.75 Å². The quantitative estimate of drug-likeness (QED) is 0.575. The maximum atomic E-state index is 12.2. The third-order valence-electron chi connectivity index (χ3n) is 3.73. The van der Waals surface area contributed by atoms with Gasteiger partial charge in [0.1, 0.15) is 17.4 Å². The molecule has 1 aliphatic rings. The molecule has 1 aromatic carbocycles. The van der Waals surface area contributed by atoms with E-state index in [1.54, 1.807) is 12.1 Å². The molecule has 128 valence electrons. The Bertz CT molecular complexity index is 868. The van der Waals surface area contributed by atoms with Crippen LogP contribution in [-0.2, 0) is 17.8 Å². The van der Waals surface area contributed by atoms with Gasteiger partial charge in [0.25, 0.3) is 5.91 Å². The van der Waals surface area contributed by atoms with Crippen molar-refractivity contribution in [3.05, 3.63) is 46.6 Å². The number of carbonyl (C=O) groups excluding carboxylic acids is 1. The van der Waals surface area contributed by atoms with Crippen LogP contribution in [0.4, 0.5) is 10.8 Å². The molecule has 0 spiro atoms. The van der Waals surface area contributed by atoms with Gasteiger partial charge in [0.15, 0.2) is 5.13 Å². The highest BCUT2D eigenvalue weighted by molar-refractivity contribution is 7.15. The van der Waals surface area contributed by atoms with Gasteiger partial charge in [-0.05, 0) is 19.2 Å². The average Bonchev–Trinajstić information content (AvgIpc) is 2.97. The van der Waals surface area contributed by atoms with E-state index >= 15 is 0 Å². The van der Waals surface area contributed by atoms with E-state index < -0.39 is 5.91 Å². The van der Waals surface area contributed by atoms with Crippen molar-refractivity contribution in [2.75, 3.05) is 24.2 Å². The number of fused-ring (bicyclic) bond motifs is 1. The first kappa shape index (κ1) is 17.0. The van der Waals surface area contributed by atoms with E-state index in [2.05, 4.69) is 27.6 Å². The molecule has 0 bridgehead atoms. The number of nitrogens with one attached hydrogen (secondary N) is 2. The van der Waals surface area contributed by atoms with Crippen molar-refractivity contribution in [2.45, 2.75) is 13.0 Å². The second-order valence-corrected chi connectivity index (χ2v) is 6.78. The molecule has 1 amide bonds. The van der Waals surface area contributed by atoms with Crippen molar-refractivity contribution in [1.29, 1.82) is 5.26 Å². The fourth-order valence-electron chi connectivity index (χ4n) is 2.45. The number of aromatic nitrogens is 1. The van der Waals surface area contributed by atoms with Gasteiger partial charge in [-0.1, -0.05) is 6.07 Å². The minimum Gasteiger partial charge on any atom is -0.508 e. The van der Waals surface area contributed by atoms with Crippen molar-refractivity contribution in [1.82, 2.24) is 9.88 Å². The molecule has 2 heterocycles. The lowest BCUT2D eigenvalue weighted by Crippen LogP contribution is -2.25. The number of benzene rings is 1. The Morgan fingerprint density at radius 2 is 2.36 bits per heavy atom. The second kappa shape index (κ2) is 7.34. The van der Waals surface area contributed by atoms with Crippen molar-refractivity contribution in [2.24, 2.45) is 0 Å². The Balaban J connectivity index is 1.68. The summed E-state index contributed by atoms with van der Waals surface area (Å²) in [6.07, 6.45) is 2.25. The number of hydrogen-bond donors (Lipinski definition) is 3. The Kier molecular flexibility index (Phi) is 4.97. The second-order valence-electron chi connectivity index (χ2n) is 5.70. The lowest BCUT2D eigenvalue weighted by molar-refractivity contribution is -0.112. The number of carbonyl (C=O) groups is 1. The normalized spacial score (nSPS) is 14.5. The van der Waals surface area contributed by atoms with Gasteiger partial charge in [-0.15, -0.1) is 11.3 Å². The molecule has 7 nitrogen and oxygen atoms in total. The van der Waals surface area contributed by atoms with Gasteiger partial charge in [0, 0.05) is 42.3 Å². The van der Waals surface area contributed by atoms with Crippen molar-refractivity contribution >= 4 is 28.1 Å². The smallest absolute Gasteiger partial charge is 0.267 e. The van der Waals surface area contributed by atoms with Crippen LogP contribution in [0.3, 0.4) is 0 Å². The highest BCUT2D eigenvalue weighted by Gasteiger charge is 2.18. The maximum absolute atomic E-state index is 12.2. The van der Waals surface area contributed by atoms with Crippen molar-refractivity contribution in [3.8, 4) is 11.8 Å². The average molecular weight is 355 g/mol. The zero-order valence-electron chi connectivity index (χ0n) is 13.6. The molecule has 0 fully saturated rings. The fourth-order valence-corrected chi connectivity index (χ4v) is 3.51. The lowest BCUT2D eigenvalue weighted by Gasteiger charge is -2.20. The molecule has 1 aliphatic heterocycles. The molecule has 1 aromatic heterocycles. The van der Waals surface area contributed by atoms with Gasteiger partial charge >= 0.3 is 0 Å². The third kappa shape index (κ3) is 4.15. The molecule has 0 saturated heterocycles. The molecule has 3 N–H and O–H groups in total. The number of likely N-dealkylation sites (N-methyl/N-ethyl adjacent to an activating group) is 1. The van der Waals surface area contributed by atoms with E-state index in [1.165, 1.54) is 34.5 Å². The number of phenolic OH excluding ortho intramolecular Hbond substituents is 1. The van der Waals surface area contributed by atoms with Gasteiger partial charge in [0.05, 0.1) is 5.69 Å². The van der Waals surface area contributed by atoms with E-state index in [-0.39, 0.29) is 11.3 Å². The Labute approximate surface area is 149 Å². The number of nitriles is 1. The fraction of sp³-hybridized carbons (Fsp3) is 0.235. The Morgan fingerprint density at radius 1 is 1.52 bits per heavy atom. The van der Waals surface area contributed by atoms with E-state index in [1.807, 2.05) is 6.07 Å². The molecule has 0 unspecified atom stereocenters. The Morgan fingerprint density at radius 3 is 3.12 bits per heavy atom. The minimum atomic E-state index is -0.554. The predicted molar refractivity (Wildman–Crippen MR) is 96.2 cm³/mol. The molecular formula is C17H17N5O2S. The summed E-state index contributed by atoms with van der Waals surface area (Å²) in [7, 11) is 2.06. The summed E-state index contributed by atoms with van der Waals surface area (Å²) in [4.78, 5) is 20.1. The maximum Gasteiger partial charge on any atom is 0.267 e.